The zero-order valence-corrected chi connectivity index (χ0v) is 19.6. The Morgan fingerprint density at radius 3 is 2.47 bits per heavy atom. The van der Waals surface area contributed by atoms with Gasteiger partial charge in [0.05, 0.1) is 20.7 Å². The van der Waals surface area contributed by atoms with Crippen molar-refractivity contribution in [2.75, 3.05) is 5.75 Å². The molecule has 0 aliphatic carbocycles. The van der Waals surface area contributed by atoms with Crippen molar-refractivity contribution in [1.82, 2.24) is 4.98 Å². The van der Waals surface area contributed by atoms with Crippen LogP contribution in [-0.4, -0.2) is 27.6 Å². The Balaban J connectivity index is 1.69. The van der Waals surface area contributed by atoms with Crippen molar-refractivity contribution in [3.8, 4) is 17.2 Å². The largest absolute Gasteiger partial charge is 0.436 e. The van der Waals surface area contributed by atoms with Gasteiger partial charge < -0.3 is 8.60 Å². The van der Waals surface area contributed by atoms with E-state index in [-0.39, 0.29) is 37.2 Å². The van der Waals surface area contributed by atoms with Crippen LogP contribution in [0, 0.1) is 0 Å². The third kappa shape index (κ3) is 4.33. The van der Waals surface area contributed by atoms with E-state index in [2.05, 4.69) is 4.98 Å². The Bertz CT molecular complexity index is 1550. The molecule has 4 rings (SSSR count). The second-order valence-electron chi connectivity index (χ2n) is 6.67. The summed E-state index contributed by atoms with van der Waals surface area (Å²) >= 11 is 11.9. The molecule has 3 aromatic carbocycles. The highest BCUT2D eigenvalue weighted by atomic mass is 35.5. The molecule has 1 aromatic heterocycles. The highest BCUT2D eigenvalue weighted by Gasteiger charge is 2.22. The molecule has 4 aromatic rings. The van der Waals surface area contributed by atoms with E-state index in [9.17, 15) is 16.8 Å². The average Bonchev–Trinajstić information content (AvgIpc) is 3.19. The van der Waals surface area contributed by atoms with Crippen LogP contribution in [-0.2, 0) is 20.0 Å². The van der Waals surface area contributed by atoms with Gasteiger partial charge in [-0.3, -0.25) is 0 Å². The second kappa shape index (κ2) is 8.40. The molecule has 0 aliphatic rings. The number of rotatable bonds is 6. The molecule has 0 radical (unpaired) electrons. The minimum Gasteiger partial charge on any atom is -0.436 e. The summed E-state index contributed by atoms with van der Waals surface area (Å²) in [6.07, 6.45) is 0. The van der Waals surface area contributed by atoms with E-state index in [0.29, 0.717) is 16.7 Å². The van der Waals surface area contributed by atoms with Gasteiger partial charge in [-0.05, 0) is 48.5 Å². The summed E-state index contributed by atoms with van der Waals surface area (Å²) in [5.74, 6) is 0.151. The van der Waals surface area contributed by atoms with Crippen molar-refractivity contribution in [3.63, 3.8) is 0 Å². The van der Waals surface area contributed by atoms with Crippen molar-refractivity contribution in [1.29, 1.82) is 0 Å². The number of sulfone groups is 1. The topological polar surface area (TPSA) is 104 Å². The lowest BCUT2D eigenvalue weighted by molar-refractivity contribution is 0.486. The normalized spacial score (nSPS) is 12.2. The minimum absolute atomic E-state index is 0.00930. The first-order chi connectivity index (χ1) is 15.1. The van der Waals surface area contributed by atoms with Crippen LogP contribution in [0.1, 0.15) is 6.92 Å². The maximum atomic E-state index is 12.7. The first-order valence-corrected chi connectivity index (χ1v) is 13.0. The lowest BCUT2D eigenvalue weighted by Gasteiger charge is -2.09. The Kier molecular flexibility index (Phi) is 5.93. The molecule has 0 amide bonds. The van der Waals surface area contributed by atoms with Gasteiger partial charge >= 0.3 is 10.1 Å². The highest BCUT2D eigenvalue weighted by Crippen LogP contribution is 2.32. The standard InChI is InChI=1S/C21H15Cl2NO6S2/c1-2-31(25,26)15-9-10-18-17(12-15)24-21(29-18)13-5-3-6-14(11-13)30-32(27,28)19-8-4-7-16(22)20(19)23/h3-12H,2H2,1H3. The molecule has 0 fully saturated rings. The summed E-state index contributed by atoms with van der Waals surface area (Å²) < 4.78 is 60.5. The molecule has 0 saturated heterocycles. The lowest BCUT2D eigenvalue weighted by atomic mass is 10.2. The quantitative estimate of drug-likeness (QED) is 0.320. The molecule has 0 bridgehead atoms. The van der Waals surface area contributed by atoms with Crippen LogP contribution in [0.4, 0.5) is 0 Å². The van der Waals surface area contributed by atoms with Crippen LogP contribution in [0.25, 0.3) is 22.6 Å². The number of nitrogens with zero attached hydrogens (tertiary/aromatic N) is 1. The van der Waals surface area contributed by atoms with Gasteiger partial charge in [0, 0.05) is 5.56 Å². The van der Waals surface area contributed by atoms with Crippen LogP contribution in [0.15, 0.2) is 74.9 Å². The number of hydrogen-bond donors (Lipinski definition) is 0. The van der Waals surface area contributed by atoms with E-state index in [1.54, 1.807) is 19.1 Å². The number of benzene rings is 3. The van der Waals surface area contributed by atoms with E-state index in [0.717, 1.165) is 0 Å². The van der Waals surface area contributed by atoms with Crippen LogP contribution in [0.3, 0.4) is 0 Å². The molecule has 11 heteroatoms. The molecule has 166 valence electrons. The van der Waals surface area contributed by atoms with Gasteiger partial charge in [0.1, 0.15) is 16.2 Å². The Labute approximate surface area is 194 Å². The number of aromatic nitrogens is 1. The molecule has 0 N–H and O–H groups in total. The molecule has 0 spiro atoms. The lowest BCUT2D eigenvalue weighted by Crippen LogP contribution is -2.10. The molecule has 0 unspecified atom stereocenters. The van der Waals surface area contributed by atoms with Crippen LogP contribution in [0.2, 0.25) is 10.0 Å². The summed E-state index contributed by atoms with van der Waals surface area (Å²) in [5.41, 5.74) is 1.19. The molecular formula is C21H15Cl2NO6S2. The summed E-state index contributed by atoms with van der Waals surface area (Å²) in [6, 6.07) is 14.7. The molecule has 0 saturated carbocycles. The van der Waals surface area contributed by atoms with Gasteiger partial charge in [-0.25, -0.2) is 13.4 Å². The van der Waals surface area contributed by atoms with Gasteiger partial charge in [-0.15, -0.1) is 0 Å². The van der Waals surface area contributed by atoms with Crippen molar-refractivity contribution in [3.05, 3.63) is 70.7 Å². The van der Waals surface area contributed by atoms with E-state index >= 15 is 0 Å². The van der Waals surface area contributed by atoms with Gasteiger partial charge in [0.25, 0.3) is 0 Å². The predicted octanol–water partition coefficient (Wildman–Crippen LogP) is 5.36. The first kappa shape index (κ1) is 22.6. The smallest absolute Gasteiger partial charge is 0.340 e. The molecular weight excluding hydrogens is 497 g/mol. The molecule has 32 heavy (non-hydrogen) atoms. The Hall–Kier alpha value is -2.59. The summed E-state index contributed by atoms with van der Waals surface area (Å²) in [6.45, 7) is 1.56. The maximum absolute atomic E-state index is 12.7. The van der Waals surface area contributed by atoms with Crippen molar-refractivity contribution in [2.45, 2.75) is 16.7 Å². The fraction of sp³-hybridized carbons (Fsp3) is 0.0952. The van der Waals surface area contributed by atoms with Gasteiger partial charge in [0.2, 0.25) is 5.89 Å². The number of halogens is 2. The van der Waals surface area contributed by atoms with Crippen molar-refractivity contribution >= 4 is 54.3 Å². The Morgan fingerprint density at radius 2 is 1.72 bits per heavy atom. The molecule has 0 atom stereocenters. The average molecular weight is 512 g/mol. The molecule has 0 aliphatic heterocycles. The van der Waals surface area contributed by atoms with E-state index in [1.807, 2.05) is 0 Å². The number of fused-ring (bicyclic) bond motifs is 1. The third-order valence-corrected chi connectivity index (χ3v) is 8.52. The third-order valence-electron chi connectivity index (χ3n) is 4.57. The van der Waals surface area contributed by atoms with Crippen LogP contribution >= 0.6 is 23.2 Å². The first-order valence-electron chi connectivity index (χ1n) is 9.23. The monoisotopic (exact) mass is 511 g/mol. The second-order valence-corrected chi connectivity index (χ2v) is 11.2. The van der Waals surface area contributed by atoms with Gasteiger partial charge in [-0.2, -0.15) is 8.42 Å². The SMILES string of the molecule is CCS(=O)(=O)c1ccc2oc(-c3cccc(OS(=O)(=O)c4cccc(Cl)c4Cl)c3)nc2c1. The van der Waals surface area contributed by atoms with Gasteiger partial charge in [-0.1, -0.05) is 42.3 Å². The Morgan fingerprint density at radius 1 is 0.969 bits per heavy atom. The zero-order valence-electron chi connectivity index (χ0n) is 16.4. The fourth-order valence-electron chi connectivity index (χ4n) is 2.92. The minimum atomic E-state index is -4.25. The predicted molar refractivity (Wildman–Crippen MR) is 121 cm³/mol. The highest BCUT2D eigenvalue weighted by molar-refractivity contribution is 7.91. The van der Waals surface area contributed by atoms with Crippen molar-refractivity contribution < 1.29 is 25.4 Å². The van der Waals surface area contributed by atoms with E-state index in [4.69, 9.17) is 31.8 Å². The van der Waals surface area contributed by atoms with E-state index in [1.165, 1.54) is 48.5 Å². The molecule has 7 nitrogen and oxygen atoms in total. The van der Waals surface area contributed by atoms with Crippen molar-refractivity contribution in [2.24, 2.45) is 0 Å². The number of oxazole rings is 1. The molecule has 1 heterocycles. The summed E-state index contributed by atoms with van der Waals surface area (Å²) in [5, 5.41) is -0.0527. The fourth-order valence-corrected chi connectivity index (χ4v) is 5.48. The number of hydrogen-bond acceptors (Lipinski definition) is 7. The summed E-state index contributed by atoms with van der Waals surface area (Å²) in [4.78, 5) is 4.22. The van der Waals surface area contributed by atoms with Gasteiger partial charge in [0.15, 0.2) is 15.4 Å². The summed E-state index contributed by atoms with van der Waals surface area (Å²) in [7, 11) is -7.64. The van der Waals surface area contributed by atoms with Crippen LogP contribution in [0.5, 0.6) is 5.75 Å². The van der Waals surface area contributed by atoms with Crippen LogP contribution < -0.4 is 4.18 Å². The maximum Gasteiger partial charge on any atom is 0.340 e. The zero-order chi connectivity index (χ0) is 23.1. The van der Waals surface area contributed by atoms with E-state index < -0.39 is 20.0 Å².